The molecule has 0 saturated heterocycles. The molecular formula is C4H7NO3S. The first-order valence-corrected chi connectivity index (χ1v) is 3.36. The minimum Gasteiger partial charge on any atom is -0.366 e. The Balaban J connectivity index is 3.79. The lowest BCUT2D eigenvalue weighted by Gasteiger charge is -1.93. The Labute approximate surface area is 55.0 Å². The van der Waals surface area contributed by atoms with Gasteiger partial charge >= 0.3 is 0 Å². The third-order valence-electron chi connectivity index (χ3n) is 0.646. The van der Waals surface area contributed by atoms with Crippen LogP contribution in [0.1, 0.15) is 0 Å². The first-order chi connectivity index (χ1) is 4.04. The molecule has 0 aromatic carbocycles. The third-order valence-corrected chi connectivity index (χ3v) is 1.24. The van der Waals surface area contributed by atoms with Crippen LogP contribution in [0.5, 0.6) is 0 Å². The molecule has 5 heteroatoms. The monoisotopic (exact) mass is 149 g/mol. The Hall–Kier alpha value is -0.680. The molecule has 0 spiro atoms. The summed E-state index contributed by atoms with van der Waals surface area (Å²) in [6, 6.07) is 0. The van der Waals surface area contributed by atoms with E-state index in [1.807, 2.05) is 0 Å². The van der Waals surface area contributed by atoms with Crippen LogP contribution in [0.3, 0.4) is 0 Å². The standard InChI is InChI=1S/C4H7NO3S/c1-3(4(5)6)2-9(7)8/h1-2H2,(H2,5,6)(H,7,8). The van der Waals surface area contributed by atoms with E-state index in [-0.39, 0.29) is 11.3 Å². The van der Waals surface area contributed by atoms with Crippen molar-refractivity contribution in [1.82, 2.24) is 0 Å². The third kappa shape index (κ3) is 3.87. The van der Waals surface area contributed by atoms with Crippen molar-refractivity contribution < 1.29 is 13.6 Å². The molecule has 0 aliphatic carbocycles. The molecule has 0 fully saturated rings. The van der Waals surface area contributed by atoms with Crippen LogP contribution in [0.25, 0.3) is 0 Å². The van der Waals surface area contributed by atoms with Crippen molar-refractivity contribution in [2.45, 2.75) is 0 Å². The topological polar surface area (TPSA) is 80.4 Å². The van der Waals surface area contributed by atoms with Gasteiger partial charge in [-0.25, -0.2) is 4.21 Å². The first kappa shape index (κ1) is 8.32. The van der Waals surface area contributed by atoms with E-state index in [2.05, 4.69) is 6.58 Å². The molecule has 0 saturated carbocycles. The second-order valence-electron chi connectivity index (χ2n) is 1.43. The summed E-state index contributed by atoms with van der Waals surface area (Å²) < 4.78 is 18.1. The van der Waals surface area contributed by atoms with Crippen LogP contribution >= 0.6 is 0 Å². The number of primary amides is 1. The predicted octanol–water partition coefficient (Wildman–Crippen LogP) is -0.750. The molecule has 0 aliphatic heterocycles. The quantitative estimate of drug-likeness (QED) is 0.409. The summed E-state index contributed by atoms with van der Waals surface area (Å²) in [7, 11) is 0. The lowest BCUT2D eigenvalue weighted by Crippen LogP contribution is -2.17. The molecule has 3 N–H and O–H groups in total. The summed E-state index contributed by atoms with van der Waals surface area (Å²) in [6.45, 7) is 3.17. The number of amides is 1. The molecular weight excluding hydrogens is 142 g/mol. The SMILES string of the molecule is C=C(CS(=O)O)C(N)=O. The Bertz CT molecular complexity index is 165. The van der Waals surface area contributed by atoms with Crippen molar-refractivity contribution in [2.75, 3.05) is 5.75 Å². The highest BCUT2D eigenvalue weighted by Gasteiger charge is 2.03. The van der Waals surface area contributed by atoms with Crippen LogP contribution in [-0.4, -0.2) is 20.4 Å². The molecule has 1 unspecified atom stereocenters. The van der Waals surface area contributed by atoms with Gasteiger partial charge in [-0.2, -0.15) is 0 Å². The van der Waals surface area contributed by atoms with Crippen molar-refractivity contribution in [3.63, 3.8) is 0 Å². The van der Waals surface area contributed by atoms with Crippen molar-refractivity contribution in [3.05, 3.63) is 12.2 Å². The molecule has 0 rings (SSSR count). The summed E-state index contributed by atoms with van der Waals surface area (Å²) >= 11 is -2.02. The molecule has 4 nitrogen and oxygen atoms in total. The van der Waals surface area contributed by atoms with Gasteiger partial charge in [0.15, 0.2) is 11.1 Å². The van der Waals surface area contributed by atoms with Gasteiger partial charge in [0.1, 0.15) is 0 Å². The number of hydrogen-bond donors (Lipinski definition) is 2. The van der Waals surface area contributed by atoms with Gasteiger partial charge < -0.3 is 10.3 Å². The van der Waals surface area contributed by atoms with Gasteiger partial charge in [0.25, 0.3) is 0 Å². The average Bonchev–Trinajstić information content (AvgIpc) is 1.63. The number of rotatable bonds is 3. The lowest BCUT2D eigenvalue weighted by atomic mass is 10.3. The van der Waals surface area contributed by atoms with Crippen LogP contribution in [0, 0.1) is 0 Å². The van der Waals surface area contributed by atoms with E-state index in [0.717, 1.165) is 0 Å². The molecule has 52 valence electrons. The molecule has 0 heterocycles. The lowest BCUT2D eigenvalue weighted by molar-refractivity contribution is -0.114. The number of hydrogen-bond acceptors (Lipinski definition) is 2. The van der Waals surface area contributed by atoms with Crippen molar-refractivity contribution in [2.24, 2.45) is 5.73 Å². The number of carbonyl (C=O) groups excluding carboxylic acids is 1. The summed E-state index contributed by atoms with van der Waals surface area (Å²) in [5, 5.41) is 0. The maximum Gasteiger partial charge on any atom is 0.245 e. The zero-order valence-electron chi connectivity index (χ0n) is 4.66. The molecule has 1 atom stereocenters. The molecule has 0 aromatic heterocycles. The fourth-order valence-electron chi connectivity index (χ4n) is 0.220. The van der Waals surface area contributed by atoms with Crippen LogP contribution in [0.15, 0.2) is 12.2 Å². The van der Waals surface area contributed by atoms with Crippen LogP contribution in [-0.2, 0) is 15.9 Å². The van der Waals surface area contributed by atoms with E-state index < -0.39 is 17.0 Å². The molecule has 0 radical (unpaired) electrons. The maximum atomic E-state index is 10.1. The molecule has 1 amide bonds. The van der Waals surface area contributed by atoms with E-state index >= 15 is 0 Å². The largest absolute Gasteiger partial charge is 0.366 e. The second-order valence-corrected chi connectivity index (χ2v) is 2.37. The maximum absolute atomic E-state index is 10.1. The van der Waals surface area contributed by atoms with Crippen LogP contribution in [0.4, 0.5) is 0 Å². The van der Waals surface area contributed by atoms with E-state index in [4.69, 9.17) is 10.3 Å². The number of nitrogens with two attached hydrogens (primary N) is 1. The summed E-state index contributed by atoms with van der Waals surface area (Å²) in [5.41, 5.74) is 4.67. The van der Waals surface area contributed by atoms with Crippen molar-refractivity contribution >= 4 is 17.0 Å². The Morgan fingerprint density at radius 3 is 2.33 bits per heavy atom. The smallest absolute Gasteiger partial charge is 0.245 e. The molecule has 0 aromatic rings. The Morgan fingerprint density at radius 2 is 2.22 bits per heavy atom. The van der Waals surface area contributed by atoms with Gasteiger partial charge in [-0.05, 0) is 0 Å². The molecule has 0 aliphatic rings. The normalized spacial score (nSPS) is 12.6. The zero-order chi connectivity index (χ0) is 7.44. The summed E-state index contributed by atoms with van der Waals surface area (Å²) in [6.07, 6.45) is 0. The average molecular weight is 149 g/mol. The van der Waals surface area contributed by atoms with Gasteiger partial charge in [-0.1, -0.05) is 6.58 Å². The van der Waals surface area contributed by atoms with Crippen LogP contribution < -0.4 is 5.73 Å². The highest BCUT2D eigenvalue weighted by atomic mass is 32.2. The Kier molecular flexibility index (Phi) is 3.11. The first-order valence-electron chi connectivity index (χ1n) is 2.09. The van der Waals surface area contributed by atoms with Crippen molar-refractivity contribution in [3.8, 4) is 0 Å². The zero-order valence-corrected chi connectivity index (χ0v) is 5.48. The van der Waals surface area contributed by atoms with E-state index in [1.54, 1.807) is 0 Å². The minimum atomic E-state index is -2.02. The van der Waals surface area contributed by atoms with Gasteiger partial charge in [-0.15, -0.1) is 0 Å². The predicted molar refractivity (Wildman–Crippen MR) is 34.0 cm³/mol. The molecule has 9 heavy (non-hydrogen) atoms. The van der Waals surface area contributed by atoms with E-state index in [9.17, 15) is 9.00 Å². The second kappa shape index (κ2) is 3.37. The van der Waals surface area contributed by atoms with E-state index in [0.29, 0.717) is 0 Å². The van der Waals surface area contributed by atoms with Crippen LogP contribution in [0.2, 0.25) is 0 Å². The van der Waals surface area contributed by atoms with Gasteiger partial charge in [0.05, 0.1) is 5.75 Å². The Morgan fingerprint density at radius 1 is 1.78 bits per heavy atom. The minimum absolute atomic E-state index is 0.0316. The summed E-state index contributed by atoms with van der Waals surface area (Å²) in [4.78, 5) is 10.1. The van der Waals surface area contributed by atoms with Gasteiger partial charge in [0, 0.05) is 5.57 Å². The van der Waals surface area contributed by atoms with E-state index in [1.165, 1.54) is 0 Å². The van der Waals surface area contributed by atoms with Crippen molar-refractivity contribution in [1.29, 1.82) is 0 Å². The van der Waals surface area contributed by atoms with Gasteiger partial charge in [0.2, 0.25) is 5.91 Å². The summed E-state index contributed by atoms with van der Waals surface area (Å²) in [5.74, 6) is -1.01. The fraction of sp³-hybridized carbons (Fsp3) is 0.250. The highest BCUT2D eigenvalue weighted by molar-refractivity contribution is 7.79. The highest BCUT2D eigenvalue weighted by Crippen LogP contribution is 1.89. The number of carbonyl (C=O) groups is 1. The van der Waals surface area contributed by atoms with Gasteiger partial charge in [-0.3, -0.25) is 4.79 Å². The molecule has 0 bridgehead atoms. The fourth-order valence-corrected chi connectivity index (χ4v) is 0.661.